The summed E-state index contributed by atoms with van der Waals surface area (Å²) in [6.45, 7) is 5.75. The first-order valence-corrected chi connectivity index (χ1v) is 6.85. The van der Waals surface area contributed by atoms with Gasteiger partial charge in [0.2, 0.25) is 0 Å². The zero-order valence-electron chi connectivity index (χ0n) is 10.6. The lowest BCUT2D eigenvalue weighted by molar-refractivity contribution is 0.471. The standard InChI is InChI=1S/C13H17N3OS/c1-3-6-14-8-12-15-16-13(18-12)10-5-4-9(2)11(17)7-10/h4-5,7,14,17H,3,6,8H2,1-2H3. The Hall–Kier alpha value is -1.46. The molecule has 2 aromatic rings. The third kappa shape index (κ3) is 3.05. The molecule has 1 heterocycles. The summed E-state index contributed by atoms with van der Waals surface area (Å²) in [5.74, 6) is 0.299. The first-order valence-electron chi connectivity index (χ1n) is 6.03. The number of aryl methyl sites for hydroxylation is 1. The normalized spacial score (nSPS) is 10.8. The van der Waals surface area contributed by atoms with E-state index in [0.717, 1.165) is 40.7 Å². The summed E-state index contributed by atoms with van der Waals surface area (Å²) in [6, 6.07) is 5.58. The van der Waals surface area contributed by atoms with E-state index >= 15 is 0 Å². The van der Waals surface area contributed by atoms with Gasteiger partial charge in [-0.05, 0) is 31.5 Å². The zero-order valence-corrected chi connectivity index (χ0v) is 11.4. The summed E-state index contributed by atoms with van der Waals surface area (Å²) in [4.78, 5) is 0. The average Bonchev–Trinajstić information content (AvgIpc) is 2.82. The molecule has 0 aliphatic rings. The van der Waals surface area contributed by atoms with E-state index in [-0.39, 0.29) is 0 Å². The van der Waals surface area contributed by atoms with Crippen LogP contribution in [0.5, 0.6) is 5.75 Å². The summed E-state index contributed by atoms with van der Waals surface area (Å²) < 4.78 is 0. The number of hydrogen-bond donors (Lipinski definition) is 2. The van der Waals surface area contributed by atoms with Gasteiger partial charge in [0.05, 0.1) is 0 Å². The lowest BCUT2D eigenvalue weighted by Gasteiger charge is -2.00. The number of aromatic nitrogens is 2. The molecule has 0 fully saturated rings. The molecular formula is C13H17N3OS. The molecule has 4 nitrogen and oxygen atoms in total. The lowest BCUT2D eigenvalue weighted by Crippen LogP contribution is -2.13. The number of aromatic hydroxyl groups is 1. The molecule has 1 aromatic heterocycles. The summed E-state index contributed by atoms with van der Waals surface area (Å²) >= 11 is 1.56. The molecule has 0 spiro atoms. The number of rotatable bonds is 5. The van der Waals surface area contributed by atoms with Crippen molar-refractivity contribution in [1.29, 1.82) is 0 Å². The van der Waals surface area contributed by atoms with Crippen LogP contribution in [0.1, 0.15) is 23.9 Å². The van der Waals surface area contributed by atoms with Gasteiger partial charge >= 0.3 is 0 Å². The second-order valence-electron chi connectivity index (χ2n) is 4.18. The van der Waals surface area contributed by atoms with Gasteiger partial charge < -0.3 is 10.4 Å². The smallest absolute Gasteiger partial charge is 0.147 e. The van der Waals surface area contributed by atoms with Crippen LogP contribution < -0.4 is 5.32 Å². The first kappa shape index (κ1) is 13.0. The highest BCUT2D eigenvalue weighted by molar-refractivity contribution is 7.14. The van der Waals surface area contributed by atoms with Gasteiger partial charge in [-0.2, -0.15) is 0 Å². The van der Waals surface area contributed by atoms with Crippen molar-refractivity contribution in [3.63, 3.8) is 0 Å². The van der Waals surface area contributed by atoms with E-state index in [2.05, 4.69) is 22.4 Å². The Morgan fingerprint density at radius 2 is 2.17 bits per heavy atom. The van der Waals surface area contributed by atoms with Crippen LogP contribution in [0.15, 0.2) is 18.2 Å². The molecule has 5 heteroatoms. The molecule has 18 heavy (non-hydrogen) atoms. The fraction of sp³-hybridized carbons (Fsp3) is 0.385. The molecule has 0 saturated carbocycles. The first-order chi connectivity index (χ1) is 8.70. The van der Waals surface area contributed by atoms with Gasteiger partial charge in [0.15, 0.2) is 0 Å². The Labute approximate surface area is 111 Å². The molecule has 0 bridgehead atoms. The van der Waals surface area contributed by atoms with E-state index in [1.54, 1.807) is 17.4 Å². The van der Waals surface area contributed by atoms with Crippen molar-refractivity contribution < 1.29 is 5.11 Å². The summed E-state index contributed by atoms with van der Waals surface area (Å²) in [5, 5.41) is 23.1. The largest absolute Gasteiger partial charge is 0.508 e. The topological polar surface area (TPSA) is 58.0 Å². The maximum Gasteiger partial charge on any atom is 0.147 e. The highest BCUT2D eigenvalue weighted by Gasteiger charge is 2.07. The minimum atomic E-state index is 0.299. The predicted octanol–water partition coefficient (Wildman–Crippen LogP) is 2.72. The summed E-state index contributed by atoms with van der Waals surface area (Å²) in [7, 11) is 0. The molecule has 0 amide bonds. The number of phenols is 1. The second kappa shape index (κ2) is 5.93. The molecule has 2 N–H and O–H groups in total. The third-order valence-corrected chi connectivity index (χ3v) is 3.60. The minimum absolute atomic E-state index is 0.299. The molecule has 0 unspecified atom stereocenters. The van der Waals surface area contributed by atoms with Crippen LogP contribution in [0.3, 0.4) is 0 Å². The summed E-state index contributed by atoms with van der Waals surface area (Å²) in [5.41, 5.74) is 1.78. The van der Waals surface area contributed by atoms with Crippen molar-refractivity contribution in [3.8, 4) is 16.3 Å². The third-order valence-electron chi connectivity index (χ3n) is 2.63. The summed E-state index contributed by atoms with van der Waals surface area (Å²) in [6.07, 6.45) is 1.11. The molecule has 0 aliphatic heterocycles. The van der Waals surface area contributed by atoms with Gasteiger partial charge in [0.1, 0.15) is 15.8 Å². The SMILES string of the molecule is CCCNCc1nnc(-c2ccc(C)c(O)c2)s1. The van der Waals surface area contributed by atoms with Crippen LogP contribution in [0.25, 0.3) is 10.6 Å². The maximum atomic E-state index is 9.69. The van der Waals surface area contributed by atoms with Crippen LogP contribution in [0, 0.1) is 6.92 Å². The van der Waals surface area contributed by atoms with Crippen molar-refractivity contribution in [2.45, 2.75) is 26.8 Å². The molecule has 2 rings (SSSR count). The monoisotopic (exact) mass is 263 g/mol. The molecule has 0 saturated heterocycles. The quantitative estimate of drug-likeness (QED) is 0.814. The number of nitrogens with zero attached hydrogens (tertiary/aromatic N) is 2. The van der Waals surface area contributed by atoms with E-state index in [9.17, 15) is 5.11 Å². The van der Waals surface area contributed by atoms with Crippen LogP contribution in [-0.2, 0) is 6.54 Å². The van der Waals surface area contributed by atoms with Crippen molar-refractivity contribution in [1.82, 2.24) is 15.5 Å². The molecule has 0 radical (unpaired) electrons. The fourth-order valence-corrected chi connectivity index (χ4v) is 2.36. The van der Waals surface area contributed by atoms with Crippen LogP contribution in [-0.4, -0.2) is 21.8 Å². The molecule has 1 aromatic carbocycles. The molecule has 0 atom stereocenters. The van der Waals surface area contributed by atoms with Gasteiger partial charge in [-0.1, -0.05) is 30.4 Å². The highest BCUT2D eigenvalue weighted by Crippen LogP contribution is 2.28. The molecular weight excluding hydrogens is 246 g/mol. The second-order valence-corrected chi connectivity index (χ2v) is 5.24. The van der Waals surface area contributed by atoms with Crippen molar-refractivity contribution >= 4 is 11.3 Å². The fourth-order valence-electron chi connectivity index (χ4n) is 1.56. The Morgan fingerprint density at radius 1 is 1.33 bits per heavy atom. The van der Waals surface area contributed by atoms with Gasteiger partial charge in [-0.25, -0.2) is 0 Å². The minimum Gasteiger partial charge on any atom is -0.508 e. The predicted molar refractivity (Wildman–Crippen MR) is 73.7 cm³/mol. The average molecular weight is 263 g/mol. The van der Waals surface area contributed by atoms with E-state index in [1.807, 2.05) is 19.1 Å². The Kier molecular flexibility index (Phi) is 4.28. The van der Waals surface area contributed by atoms with Crippen molar-refractivity contribution in [3.05, 3.63) is 28.8 Å². The van der Waals surface area contributed by atoms with Crippen LogP contribution in [0.4, 0.5) is 0 Å². The number of hydrogen-bond acceptors (Lipinski definition) is 5. The van der Waals surface area contributed by atoms with E-state index in [1.165, 1.54) is 0 Å². The zero-order chi connectivity index (χ0) is 13.0. The molecule has 0 aliphatic carbocycles. The van der Waals surface area contributed by atoms with Crippen molar-refractivity contribution in [2.75, 3.05) is 6.54 Å². The van der Waals surface area contributed by atoms with Gasteiger partial charge in [-0.15, -0.1) is 10.2 Å². The highest BCUT2D eigenvalue weighted by atomic mass is 32.1. The van der Waals surface area contributed by atoms with Gasteiger partial charge in [0.25, 0.3) is 0 Å². The Bertz CT molecular complexity index is 525. The Morgan fingerprint density at radius 3 is 2.89 bits per heavy atom. The van der Waals surface area contributed by atoms with Gasteiger partial charge in [0, 0.05) is 12.1 Å². The van der Waals surface area contributed by atoms with Gasteiger partial charge in [-0.3, -0.25) is 0 Å². The van der Waals surface area contributed by atoms with Crippen LogP contribution >= 0.6 is 11.3 Å². The van der Waals surface area contributed by atoms with E-state index in [0.29, 0.717) is 5.75 Å². The number of benzene rings is 1. The number of phenolic OH excluding ortho intramolecular Hbond substituents is 1. The maximum absolute atomic E-state index is 9.69. The molecule has 96 valence electrons. The number of nitrogens with one attached hydrogen (secondary N) is 1. The Balaban J connectivity index is 2.11. The van der Waals surface area contributed by atoms with E-state index < -0.39 is 0 Å². The van der Waals surface area contributed by atoms with E-state index in [4.69, 9.17) is 0 Å². The van der Waals surface area contributed by atoms with Crippen LogP contribution in [0.2, 0.25) is 0 Å². The lowest BCUT2D eigenvalue weighted by atomic mass is 10.1. The van der Waals surface area contributed by atoms with Crippen molar-refractivity contribution in [2.24, 2.45) is 0 Å².